The zero-order valence-corrected chi connectivity index (χ0v) is 15.5. The van der Waals surface area contributed by atoms with Crippen molar-refractivity contribution in [3.63, 3.8) is 0 Å². The number of amides is 1. The summed E-state index contributed by atoms with van der Waals surface area (Å²) in [7, 11) is -10.4. The van der Waals surface area contributed by atoms with E-state index in [2.05, 4.69) is 15.5 Å². The monoisotopic (exact) mass is 414 g/mol. The number of aromatic nitrogens is 2. The molecule has 4 N–H and O–H groups in total. The third-order valence-corrected chi connectivity index (χ3v) is 6.98. The van der Waals surface area contributed by atoms with E-state index >= 15 is 0 Å². The Hall–Kier alpha value is -2.26. The van der Waals surface area contributed by atoms with Crippen molar-refractivity contribution < 1.29 is 38.1 Å². The second-order valence-electron chi connectivity index (χ2n) is 5.40. The second kappa shape index (κ2) is 8.62. The summed E-state index contributed by atoms with van der Waals surface area (Å²) in [4.78, 5) is 54.2. The molecule has 2 heterocycles. The number of carbonyl (C=O) groups excluding carboxylic acids is 1. The van der Waals surface area contributed by atoms with Crippen LogP contribution in [0, 0.1) is 0 Å². The molecule has 0 spiro atoms. The smallest absolute Gasteiger partial charge is 0.343 e. The predicted octanol–water partition coefficient (Wildman–Crippen LogP) is -0.818. The predicted molar refractivity (Wildman–Crippen MR) is 91.6 cm³/mol. The van der Waals surface area contributed by atoms with E-state index < -0.39 is 33.0 Å². The van der Waals surface area contributed by atoms with E-state index in [0.717, 1.165) is 0 Å². The van der Waals surface area contributed by atoms with Crippen LogP contribution in [0.3, 0.4) is 0 Å². The Morgan fingerprint density at radius 3 is 2.56 bits per heavy atom. The number of hydrogen-bond acceptors (Lipinski definition) is 6. The fourth-order valence-corrected chi connectivity index (χ4v) is 4.37. The molecular formula is C14H16N4O7P2. The van der Waals surface area contributed by atoms with Crippen LogP contribution >= 0.6 is 15.2 Å². The van der Waals surface area contributed by atoms with Gasteiger partial charge in [0.1, 0.15) is 0 Å². The van der Waals surface area contributed by atoms with Crippen molar-refractivity contribution in [2.45, 2.75) is 11.9 Å². The Balaban J connectivity index is 2.10. The molecule has 0 radical (unpaired) electrons. The standard InChI is InChI=1S/C14H16N4O7P2/c19-14(12-3-5-15-6-4-12)17-16-8-11-2-1-7-18(9-11)10-13(26(20,21)22)27(23,24)25/h1-9,13H,10H2,(H4-,17,19,20,21,22,23,24,25). The van der Waals surface area contributed by atoms with Crippen LogP contribution in [0.5, 0.6) is 0 Å². The third kappa shape index (κ3) is 6.44. The van der Waals surface area contributed by atoms with Gasteiger partial charge in [-0.1, -0.05) is 0 Å². The fourth-order valence-electron chi connectivity index (χ4n) is 2.05. The molecule has 0 fully saturated rings. The molecule has 0 aliphatic heterocycles. The van der Waals surface area contributed by atoms with Crippen molar-refractivity contribution >= 4 is 27.3 Å². The molecule has 2 aromatic heterocycles. The van der Waals surface area contributed by atoms with Crippen LogP contribution in [0.2, 0.25) is 0 Å². The number of pyridine rings is 2. The zero-order chi connectivity index (χ0) is 20.1. The van der Waals surface area contributed by atoms with Gasteiger partial charge < -0.3 is 24.1 Å². The molecule has 2 unspecified atom stereocenters. The minimum atomic E-state index is -5.28. The second-order valence-corrected chi connectivity index (χ2v) is 9.36. The quantitative estimate of drug-likeness (QED) is 0.197. The maximum absolute atomic E-state index is 11.8. The van der Waals surface area contributed by atoms with Crippen LogP contribution in [0.1, 0.15) is 15.9 Å². The molecule has 0 saturated carbocycles. The van der Waals surface area contributed by atoms with Gasteiger partial charge in [-0.2, -0.15) is 5.10 Å². The van der Waals surface area contributed by atoms with Crippen LogP contribution in [0.25, 0.3) is 0 Å². The lowest BCUT2D eigenvalue weighted by Gasteiger charge is -2.25. The van der Waals surface area contributed by atoms with Crippen molar-refractivity contribution in [1.29, 1.82) is 0 Å². The lowest BCUT2D eigenvalue weighted by Crippen LogP contribution is -2.40. The zero-order valence-electron chi connectivity index (χ0n) is 13.7. The van der Waals surface area contributed by atoms with Gasteiger partial charge in [0.25, 0.3) is 5.91 Å². The van der Waals surface area contributed by atoms with Crippen LogP contribution in [-0.4, -0.2) is 37.2 Å². The Morgan fingerprint density at radius 1 is 1.30 bits per heavy atom. The van der Waals surface area contributed by atoms with Crippen LogP contribution < -0.4 is 14.9 Å². The summed E-state index contributed by atoms with van der Waals surface area (Å²) in [6.07, 6.45) is 6.88. The molecule has 144 valence electrons. The Labute approximate surface area is 153 Å². The van der Waals surface area contributed by atoms with Gasteiger partial charge in [0.05, 0.1) is 11.8 Å². The Bertz CT molecular complexity index is 904. The summed E-state index contributed by atoms with van der Waals surface area (Å²) < 4.78 is 23.7. The van der Waals surface area contributed by atoms with Crippen molar-refractivity contribution in [2.24, 2.45) is 5.10 Å². The summed E-state index contributed by atoms with van der Waals surface area (Å²) >= 11 is 0. The fraction of sp³-hybridized carbons (Fsp3) is 0.143. The Kier molecular flexibility index (Phi) is 6.72. The molecule has 2 aromatic rings. The van der Waals surface area contributed by atoms with Gasteiger partial charge in [-0.15, -0.1) is 0 Å². The molecule has 0 aliphatic carbocycles. The first kappa shape index (κ1) is 21.0. The Morgan fingerprint density at radius 2 is 1.96 bits per heavy atom. The summed E-state index contributed by atoms with van der Waals surface area (Å²) in [5, 5.41) is 1.49. The minimum Gasteiger partial charge on any atom is -0.778 e. The van der Waals surface area contributed by atoms with Crippen molar-refractivity contribution in [3.05, 3.63) is 60.2 Å². The molecule has 2 atom stereocenters. The third-order valence-electron chi connectivity index (χ3n) is 3.34. The average Bonchev–Trinajstić information content (AvgIpc) is 2.59. The highest BCUT2D eigenvalue weighted by Crippen LogP contribution is 2.57. The molecule has 0 aromatic carbocycles. The highest BCUT2D eigenvalue weighted by Gasteiger charge is 2.40. The molecule has 1 amide bonds. The average molecular weight is 414 g/mol. The maximum Gasteiger partial charge on any atom is 0.343 e. The van der Waals surface area contributed by atoms with E-state index in [0.29, 0.717) is 11.1 Å². The molecule has 2 rings (SSSR count). The van der Waals surface area contributed by atoms with E-state index in [9.17, 15) is 18.8 Å². The van der Waals surface area contributed by atoms with Gasteiger partial charge in [-0.05, 0) is 18.2 Å². The lowest BCUT2D eigenvalue weighted by molar-refractivity contribution is -0.694. The van der Waals surface area contributed by atoms with Gasteiger partial charge in [0.15, 0.2) is 31.9 Å². The summed E-state index contributed by atoms with van der Waals surface area (Å²) in [6.45, 7) is -0.660. The highest BCUT2D eigenvalue weighted by atomic mass is 31.2. The van der Waals surface area contributed by atoms with Gasteiger partial charge in [-0.25, -0.2) is 9.99 Å². The number of nitrogens with one attached hydrogen (secondary N) is 1. The number of hydrazone groups is 1. The van der Waals surface area contributed by atoms with Gasteiger partial charge in [0, 0.05) is 24.0 Å². The van der Waals surface area contributed by atoms with E-state index in [4.69, 9.17) is 14.7 Å². The molecular weight excluding hydrogens is 398 g/mol. The molecule has 0 saturated heterocycles. The molecule has 27 heavy (non-hydrogen) atoms. The van der Waals surface area contributed by atoms with Gasteiger partial charge in [0.2, 0.25) is 0 Å². The van der Waals surface area contributed by atoms with E-state index in [-0.39, 0.29) is 0 Å². The van der Waals surface area contributed by atoms with Gasteiger partial charge >= 0.3 is 7.60 Å². The molecule has 0 bridgehead atoms. The first-order valence-electron chi connectivity index (χ1n) is 7.38. The number of carbonyl (C=O) groups is 1. The topological polar surface area (TPSA) is 176 Å². The maximum atomic E-state index is 11.8. The molecule has 11 nitrogen and oxygen atoms in total. The lowest BCUT2D eigenvalue weighted by atomic mass is 10.3. The van der Waals surface area contributed by atoms with Gasteiger partial charge in [-0.3, -0.25) is 14.3 Å². The molecule has 13 heteroatoms. The van der Waals surface area contributed by atoms with E-state index in [1.165, 1.54) is 53.8 Å². The summed E-state index contributed by atoms with van der Waals surface area (Å²) in [6, 6.07) is 6.05. The van der Waals surface area contributed by atoms with E-state index in [1.54, 1.807) is 6.07 Å². The molecule has 0 aliphatic rings. The normalized spacial score (nSPS) is 15.3. The van der Waals surface area contributed by atoms with E-state index in [1.807, 2.05) is 0 Å². The highest BCUT2D eigenvalue weighted by molar-refractivity contribution is 7.70. The van der Waals surface area contributed by atoms with Crippen LogP contribution in [0.15, 0.2) is 54.2 Å². The summed E-state index contributed by atoms with van der Waals surface area (Å²) in [5.41, 5.74) is 3.05. The first-order valence-corrected chi connectivity index (χ1v) is 10.7. The van der Waals surface area contributed by atoms with Crippen LogP contribution in [-0.2, 0) is 15.7 Å². The largest absolute Gasteiger partial charge is 0.778 e. The first-order chi connectivity index (χ1) is 12.6. The van der Waals surface area contributed by atoms with Crippen molar-refractivity contribution in [3.8, 4) is 0 Å². The SMILES string of the molecule is O=C(NN=Cc1ccc[n+](CC(P(=O)([O-])O)P(=O)(O)O)c1)c1ccncc1. The number of hydrogen-bond donors (Lipinski definition) is 4. The minimum absolute atomic E-state index is 0.351. The number of nitrogens with zero attached hydrogens (tertiary/aromatic N) is 3. The van der Waals surface area contributed by atoms with Crippen LogP contribution in [0.4, 0.5) is 0 Å². The number of rotatable bonds is 7. The summed E-state index contributed by atoms with van der Waals surface area (Å²) in [5.74, 6) is -0.466. The van der Waals surface area contributed by atoms with Crippen molar-refractivity contribution in [2.75, 3.05) is 0 Å². The van der Waals surface area contributed by atoms with Crippen molar-refractivity contribution in [1.82, 2.24) is 10.4 Å².